The van der Waals surface area contributed by atoms with Crippen LogP contribution in [0.1, 0.15) is 5.56 Å². The summed E-state index contributed by atoms with van der Waals surface area (Å²) in [6, 6.07) is 16.3. The molecular weight excluding hydrogens is 350 g/mol. The predicted molar refractivity (Wildman–Crippen MR) is 53.1 cm³/mol. The average molecular weight is 361 g/mol. The third-order valence-electron chi connectivity index (χ3n) is 1.40. The number of hydrogen-bond acceptors (Lipinski definition) is 1. The minimum atomic E-state index is 0. The molecule has 0 bridgehead atoms. The van der Waals surface area contributed by atoms with Crippen molar-refractivity contribution in [3.8, 4) is 0 Å². The van der Waals surface area contributed by atoms with Crippen molar-refractivity contribution in [1.29, 1.82) is 0 Å². The van der Waals surface area contributed by atoms with Gasteiger partial charge in [0, 0.05) is 20.1 Å². The number of hydrogen-bond donors (Lipinski definition) is 0. The van der Waals surface area contributed by atoms with E-state index in [1.165, 1.54) is 5.56 Å². The number of rotatable bonds is 0. The summed E-state index contributed by atoms with van der Waals surface area (Å²) in [4.78, 5) is 3.66. The van der Waals surface area contributed by atoms with Gasteiger partial charge < -0.3 is 4.98 Å². The van der Waals surface area contributed by atoms with E-state index >= 15 is 0 Å². The van der Waals surface area contributed by atoms with Gasteiger partial charge in [-0.1, -0.05) is 19.3 Å². The van der Waals surface area contributed by atoms with Crippen molar-refractivity contribution < 1.29 is 20.1 Å². The van der Waals surface area contributed by atoms with Crippen LogP contribution in [0, 0.1) is 19.2 Å². The molecule has 2 heteroatoms. The monoisotopic (exact) mass is 362 g/mol. The van der Waals surface area contributed by atoms with Crippen LogP contribution in [0.4, 0.5) is 0 Å². The summed E-state index contributed by atoms with van der Waals surface area (Å²) in [5, 5.41) is 0. The number of benzene rings is 1. The van der Waals surface area contributed by atoms with Crippen molar-refractivity contribution in [2.75, 3.05) is 0 Å². The molecule has 1 aromatic carbocycles. The molecule has 0 spiro atoms. The van der Waals surface area contributed by atoms with Gasteiger partial charge in [-0.25, -0.2) is 0 Å². The predicted octanol–water partition coefficient (Wildman–Crippen LogP) is 2.67. The van der Waals surface area contributed by atoms with Crippen LogP contribution in [0.15, 0.2) is 48.7 Å². The Morgan fingerprint density at radius 2 is 1.79 bits per heavy atom. The maximum atomic E-state index is 3.66. The Labute approximate surface area is 98.6 Å². The number of pyridine rings is 1. The van der Waals surface area contributed by atoms with E-state index < -0.39 is 0 Å². The third-order valence-corrected chi connectivity index (χ3v) is 1.40. The van der Waals surface area contributed by atoms with Crippen molar-refractivity contribution in [1.82, 2.24) is 4.98 Å². The van der Waals surface area contributed by atoms with Gasteiger partial charge in [0.25, 0.3) is 0 Å². The summed E-state index contributed by atoms with van der Waals surface area (Å²) < 4.78 is 0. The van der Waals surface area contributed by atoms with Gasteiger partial charge in [-0.05, 0) is 0 Å². The zero-order chi connectivity index (χ0) is 9.36. The normalized spacial score (nSPS) is 7.79. The molecule has 1 heterocycles. The van der Waals surface area contributed by atoms with Gasteiger partial charge in [-0.15, -0.1) is 0 Å². The van der Waals surface area contributed by atoms with Gasteiger partial charge in [-0.3, -0.25) is 0 Å². The van der Waals surface area contributed by atoms with E-state index in [-0.39, 0.29) is 20.1 Å². The van der Waals surface area contributed by atoms with Gasteiger partial charge in [0.2, 0.25) is 0 Å². The molecule has 0 aliphatic rings. The smallest absolute Gasteiger partial charge is 0 e. The zero-order valence-corrected chi connectivity index (χ0v) is 10.3. The van der Waals surface area contributed by atoms with Crippen LogP contribution in [-0.2, 0) is 20.1 Å². The average Bonchev–Trinajstić information content (AvgIpc) is 2.22. The molecule has 0 atom stereocenters. The molecule has 0 amide bonds. The van der Waals surface area contributed by atoms with E-state index in [0.29, 0.717) is 0 Å². The molecule has 0 saturated heterocycles. The zero-order valence-electron chi connectivity index (χ0n) is 7.90. The van der Waals surface area contributed by atoms with E-state index in [1.807, 2.05) is 36.4 Å². The Kier molecular flexibility index (Phi) is 8.01. The molecule has 2 aromatic rings. The maximum Gasteiger partial charge on any atom is 0 e. The molecule has 1 aromatic heterocycles. The van der Waals surface area contributed by atoms with Gasteiger partial charge in [0.1, 0.15) is 0 Å². The van der Waals surface area contributed by atoms with Crippen molar-refractivity contribution >= 4 is 0 Å². The molecule has 1 nitrogen and oxygen atoms in total. The van der Waals surface area contributed by atoms with E-state index in [9.17, 15) is 0 Å². The molecule has 2 rings (SSSR count). The second kappa shape index (κ2) is 8.61. The quantitative estimate of drug-likeness (QED) is 0.658. The maximum absolute atomic E-state index is 3.66. The summed E-state index contributed by atoms with van der Waals surface area (Å²) in [5.41, 5.74) is 1.29. The van der Waals surface area contributed by atoms with Gasteiger partial charge in [0.05, 0.1) is 0 Å². The number of nitrogens with zero attached hydrogens (tertiary/aromatic N) is 1. The fraction of sp³-hybridized carbons (Fsp3) is 0.0833. The van der Waals surface area contributed by atoms with Crippen LogP contribution in [0.25, 0.3) is 0 Å². The molecule has 0 aliphatic heterocycles. The molecule has 0 N–H and O–H groups in total. The minimum absolute atomic E-state index is 0. The van der Waals surface area contributed by atoms with Gasteiger partial charge >= 0.3 is 0 Å². The first-order valence-corrected chi connectivity index (χ1v) is 4.09. The molecule has 0 unspecified atom stereocenters. The Balaban J connectivity index is 0.000000227. The van der Waals surface area contributed by atoms with Crippen molar-refractivity contribution in [3.63, 3.8) is 0 Å². The topological polar surface area (TPSA) is 12.9 Å². The van der Waals surface area contributed by atoms with Crippen LogP contribution in [0.3, 0.4) is 0 Å². The molecule has 75 valence electrons. The number of aryl methyl sites for hydroxylation is 1. The SMILES string of the molecule is Cc1cc[c-]cc1.[Ir].[c-]1ccccn1. The molecule has 0 saturated carbocycles. The third kappa shape index (κ3) is 6.53. The molecule has 0 aliphatic carbocycles. The summed E-state index contributed by atoms with van der Waals surface area (Å²) in [6.07, 6.45) is 4.34. The fourth-order valence-corrected chi connectivity index (χ4v) is 0.748. The minimum Gasteiger partial charge on any atom is -0.394 e. The Hall–Kier alpha value is -0.981. The van der Waals surface area contributed by atoms with Crippen LogP contribution >= 0.6 is 0 Å². The van der Waals surface area contributed by atoms with E-state index in [4.69, 9.17) is 0 Å². The largest absolute Gasteiger partial charge is 0.394 e. The van der Waals surface area contributed by atoms with Crippen LogP contribution in [0.5, 0.6) is 0 Å². The second-order valence-electron chi connectivity index (χ2n) is 2.54. The number of aromatic nitrogens is 1. The van der Waals surface area contributed by atoms with Crippen molar-refractivity contribution in [3.05, 3.63) is 66.5 Å². The Morgan fingerprint density at radius 1 is 1.07 bits per heavy atom. The molecular formula is C12H11IrN-2. The van der Waals surface area contributed by atoms with Crippen LogP contribution < -0.4 is 0 Å². The van der Waals surface area contributed by atoms with E-state index in [1.54, 1.807) is 12.3 Å². The Morgan fingerprint density at radius 3 is 2.00 bits per heavy atom. The first-order valence-electron chi connectivity index (χ1n) is 4.09. The summed E-state index contributed by atoms with van der Waals surface area (Å²) in [5.74, 6) is 0. The van der Waals surface area contributed by atoms with Gasteiger partial charge in [-0.2, -0.15) is 54.1 Å². The fourth-order valence-electron chi connectivity index (χ4n) is 0.748. The van der Waals surface area contributed by atoms with Gasteiger partial charge in [0.15, 0.2) is 0 Å². The van der Waals surface area contributed by atoms with E-state index in [0.717, 1.165) is 0 Å². The second-order valence-corrected chi connectivity index (χ2v) is 2.54. The summed E-state index contributed by atoms with van der Waals surface area (Å²) in [7, 11) is 0. The summed E-state index contributed by atoms with van der Waals surface area (Å²) in [6.45, 7) is 2.06. The molecule has 0 fully saturated rings. The van der Waals surface area contributed by atoms with Crippen molar-refractivity contribution in [2.24, 2.45) is 0 Å². The summed E-state index contributed by atoms with van der Waals surface area (Å²) >= 11 is 0. The standard InChI is InChI=1S/C7H7.C5H4N.Ir/c1-7-5-3-2-4-6-7;1-2-4-6-5-3-1;/h3-6H,1H3;1-4H;/q2*-1;. The first-order chi connectivity index (χ1) is 6.39. The Bertz CT molecular complexity index is 281. The van der Waals surface area contributed by atoms with Crippen molar-refractivity contribution in [2.45, 2.75) is 6.92 Å². The first kappa shape index (κ1) is 13.0. The van der Waals surface area contributed by atoms with Crippen LogP contribution in [0.2, 0.25) is 0 Å². The van der Waals surface area contributed by atoms with Crippen LogP contribution in [-0.4, -0.2) is 4.98 Å². The molecule has 14 heavy (non-hydrogen) atoms. The molecule has 1 radical (unpaired) electrons. The van der Waals surface area contributed by atoms with E-state index in [2.05, 4.69) is 24.2 Å².